The molecule has 11 heavy (non-hydrogen) atoms. The van der Waals surface area contributed by atoms with Crippen LogP contribution in [0.1, 0.15) is 6.92 Å². The number of carbonyl (C=O) groups excluding carboxylic acids is 1. The zero-order valence-electron chi connectivity index (χ0n) is 6.16. The van der Waals surface area contributed by atoms with Crippen molar-refractivity contribution in [1.29, 1.82) is 0 Å². The van der Waals surface area contributed by atoms with Crippen LogP contribution in [-0.2, 0) is 9.53 Å². The van der Waals surface area contributed by atoms with E-state index in [-0.39, 0.29) is 5.11 Å². The van der Waals surface area contributed by atoms with Gasteiger partial charge in [-0.15, -0.1) is 0 Å². The Kier molecular flexibility index (Phi) is 5.10. The minimum absolute atomic E-state index is 0.116. The van der Waals surface area contributed by atoms with Gasteiger partial charge < -0.3 is 15.8 Å². The van der Waals surface area contributed by atoms with Crippen LogP contribution >= 0.6 is 12.2 Å². The third-order valence-electron chi connectivity index (χ3n) is 0.732. The van der Waals surface area contributed by atoms with E-state index >= 15 is 0 Å². The first-order chi connectivity index (χ1) is 5.16. The molecule has 0 saturated heterocycles. The highest BCUT2D eigenvalue weighted by Crippen LogP contribution is 1.78. The number of nitrogens with one attached hydrogen (secondary N) is 1. The first-order valence-corrected chi connectivity index (χ1v) is 3.47. The third kappa shape index (κ3) is 6.79. The molecule has 0 rings (SSSR count). The summed E-state index contributed by atoms with van der Waals surface area (Å²) < 4.78 is 4.57. The summed E-state index contributed by atoms with van der Waals surface area (Å²) in [5, 5.41) is 2.58. The van der Waals surface area contributed by atoms with Crippen molar-refractivity contribution in [1.82, 2.24) is 5.32 Å². The number of hydrogen-bond acceptors (Lipinski definition) is 3. The Hall–Kier alpha value is -1.10. The van der Waals surface area contributed by atoms with Gasteiger partial charge in [-0.2, -0.15) is 0 Å². The summed E-state index contributed by atoms with van der Waals surface area (Å²) in [4.78, 5) is 10.6. The van der Waals surface area contributed by atoms with E-state index in [4.69, 9.17) is 5.73 Å². The normalized spacial score (nSPS) is 9.55. The van der Waals surface area contributed by atoms with Gasteiger partial charge in [0.15, 0.2) is 5.11 Å². The van der Waals surface area contributed by atoms with Crippen LogP contribution in [0.25, 0.3) is 0 Å². The maximum atomic E-state index is 10.6. The molecule has 0 aliphatic rings. The zero-order valence-corrected chi connectivity index (χ0v) is 6.98. The van der Waals surface area contributed by atoms with Crippen LogP contribution in [0.5, 0.6) is 0 Å². The molecular weight excluding hydrogens is 164 g/mol. The highest BCUT2D eigenvalue weighted by Gasteiger charge is 1.91. The molecule has 0 aromatic carbocycles. The van der Waals surface area contributed by atoms with E-state index in [1.165, 1.54) is 12.3 Å². The van der Waals surface area contributed by atoms with Crippen LogP contribution in [0.4, 0.5) is 0 Å². The summed E-state index contributed by atoms with van der Waals surface area (Å²) >= 11 is 4.48. The number of carbonyl (C=O) groups is 1. The van der Waals surface area contributed by atoms with Crippen LogP contribution < -0.4 is 11.1 Å². The molecule has 3 N–H and O–H groups in total. The van der Waals surface area contributed by atoms with Gasteiger partial charge in [-0.25, -0.2) is 4.79 Å². The predicted molar refractivity (Wildman–Crippen MR) is 45.7 cm³/mol. The second kappa shape index (κ2) is 5.67. The largest absolute Gasteiger partial charge is 0.463 e. The fourth-order valence-electron chi connectivity index (χ4n) is 0.382. The first-order valence-electron chi connectivity index (χ1n) is 3.06. The summed E-state index contributed by atoms with van der Waals surface area (Å²) in [5.41, 5.74) is 5.07. The molecule has 0 saturated carbocycles. The highest BCUT2D eigenvalue weighted by molar-refractivity contribution is 7.80. The molecule has 5 heteroatoms. The number of thiocarbonyl (C=S) groups is 1. The van der Waals surface area contributed by atoms with Crippen molar-refractivity contribution in [2.75, 3.05) is 6.61 Å². The maximum absolute atomic E-state index is 10.6. The van der Waals surface area contributed by atoms with Gasteiger partial charge >= 0.3 is 5.97 Å². The fraction of sp³-hybridized carbons (Fsp3) is 0.333. The molecule has 0 aliphatic heterocycles. The number of hydrogen-bond donors (Lipinski definition) is 2. The minimum Gasteiger partial charge on any atom is -0.463 e. The van der Waals surface area contributed by atoms with Gasteiger partial charge in [0.05, 0.1) is 6.61 Å². The molecule has 0 atom stereocenters. The summed E-state index contributed by atoms with van der Waals surface area (Å²) in [5.74, 6) is -0.420. The van der Waals surface area contributed by atoms with Gasteiger partial charge in [-0.05, 0) is 19.1 Å². The Balaban J connectivity index is 3.56. The molecule has 0 amide bonds. The Morgan fingerprint density at radius 3 is 2.91 bits per heavy atom. The van der Waals surface area contributed by atoms with Gasteiger partial charge in [-0.3, -0.25) is 0 Å². The number of esters is 1. The first kappa shape index (κ1) is 9.90. The molecule has 0 radical (unpaired) electrons. The second-order valence-corrected chi connectivity index (χ2v) is 2.03. The van der Waals surface area contributed by atoms with Gasteiger partial charge in [0.2, 0.25) is 0 Å². The standard InChI is InChI=1S/C6H10N2O2S/c1-2-10-5(9)3-4-8-6(7)11/h3-4H,2H2,1H3,(H3,7,8,11)/b4-3+. The van der Waals surface area contributed by atoms with Crippen molar-refractivity contribution in [3.63, 3.8) is 0 Å². The molecule has 0 heterocycles. The lowest BCUT2D eigenvalue weighted by Gasteiger charge is -1.95. The van der Waals surface area contributed by atoms with Gasteiger partial charge in [0.25, 0.3) is 0 Å². The Morgan fingerprint density at radius 1 is 1.82 bits per heavy atom. The van der Waals surface area contributed by atoms with Crippen molar-refractivity contribution in [2.45, 2.75) is 6.92 Å². The summed E-state index contributed by atoms with van der Waals surface area (Å²) in [6.07, 6.45) is 2.54. The summed E-state index contributed by atoms with van der Waals surface area (Å²) in [6, 6.07) is 0. The molecule has 62 valence electrons. The minimum atomic E-state index is -0.420. The molecule has 0 aliphatic carbocycles. The molecule has 0 bridgehead atoms. The SMILES string of the molecule is CCOC(=O)/C=C/NC(N)=S. The lowest BCUT2D eigenvalue weighted by molar-refractivity contribution is -0.137. The predicted octanol–water partition coefficient (Wildman–Crippen LogP) is -0.104. The van der Waals surface area contributed by atoms with E-state index in [0.717, 1.165) is 0 Å². The average Bonchev–Trinajstić information content (AvgIpc) is 1.87. The Labute approximate surface area is 70.4 Å². The molecule has 0 unspecified atom stereocenters. The Bertz CT molecular complexity index is 179. The van der Waals surface area contributed by atoms with E-state index < -0.39 is 5.97 Å². The van der Waals surface area contributed by atoms with Crippen LogP contribution in [-0.4, -0.2) is 17.7 Å². The monoisotopic (exact) mass is 174 g/mol. The number of nitrogens with two attached hydrogens (primary N) is 1. The highest BCUT2D eigenvalue weighted by atomic mass is 32.1. The van der Waals surface area contributed by atoms with Gasteiger partial charge in [0, 0.05) is 12.3 Å². The molecule has 0 fully saturated rings. The number of rotatable bonds is 3. The molecule has 4 nitrogen and oxygen atoms in total. The smallest absolute Gasteiger partial charge is 0.332 e. The van der Waals surface area contributed by atoms with Crippen LogP contribution in [0, 0.1) is 0 Å². The van der Waals surface area contributed by atoms with E-state index in [1.807, 2.05) is 0 Å². The zero-order chi connectivity index (χ0) is 8.69. The van der Waals surface area contributed by atoms with E-state index in [0.29, 0.717) is 6.61 Å². The summed E-state index contributed by atoms with van der Waals surface area (Å²) in [7, 11) is 0. The van der Waals surface area contributed by atoms with Crippen molar-refractivity contribution < 1.29 is 9.53 Å². The van der Waals surface area contributed by atoms with Gasteiger partial charge in [-0.1, -0.05) is 0 Å². The van der Waals surface area contributed by atoms with Crippen molar-refractivity contribution in [3.05, 3.63) is 12.3 Å². The van der Waals surface area contributed by atoms with E-state index in [2.05, 4.69) is 22.3 Å². The third-order valence-corrected chi connectivity index (χ3v) is 0.849. The van der Waals surface area contributed by atoms with Crippen LogP contribution in [0.2, 0.25) is 0 Å². The lowest BCUT2D eigenvalue weighted by Crippen LogP contribution is -2.24. The van der Waals surface area contributed by atoms with Crippen LogP contribution in [0.3, 0.4) is 0 Å². The van der Waals surface area contributed by atoms with Crippen molar-refractivity contribution >= 4 is 23.3 Å². The summed E-state index contributed by atoms with van der Waals surface area (Å²) in [6.45, 7) is 2.09. The average molecular weight is 174 g/mol. The maximum Gasteiger partial charge on any atom is 0.332 e. The fourth-order valence-corrected chi connectivity index (χ4v) is 0.450. The quantitative estimate of drug-likeness (QED) is 0.355. The van der Waals surface area contributed by atoms with Crippen molar-refractivity contribution in [3.8, 4) is 0 Å². The molecular formula is C6H10N2O2S. The van der Waals surface area contributed by atoms with E-state index in [1.54, 1.807) is 6.92 Å². The molecule has 0 spiro atoms. The van der Waals surface area contributed by atoms with Crippen LogP contribution in [0.15, 0.2) is 12.3 Å². The molecule has 0 aromatic heterocycles. The van der Waals surface area contributed by atoms with Gasteiger partial charge in [0.1, 0.15) is 0 Å². The van der Waals surface area contributed by atoms with E-state index in [9.17, 15) is 4.79 Å². The Morgan fingerprint density at radius 2 is 2.45 bits per heavy atom. The molecule has 0 aromatic rings. The topological polar surface area (TPSA) is 64.3 Å². The lowest BCUT2D eigenvalue weighted by atomic mass is 10.6. The second-order valence-electron chi connectivity index (χ2n) is 1.59. The number of ether oxygens (including phenoxy) is 1. The van der Waals surface area contributed by atoms with Crippen molar-refractivity contribution in [2.24, 2.45) is 5.73 Å².